The quantitative estimate of drug-likeness (QED) is 0.459. The van der Waals surface area contributed by atoms with Gasteiger partial charge in [0.15, 0.2) is 23.3 Å². The van der Waals surface area contributed by atoms with E-state index in [-0.39, 0.29) is 6.42 Å². The van der Waals surface area contributed by atoms with E-state index in [4.69, 9.17) is 0 Å². The molecule has 1 aromatic rings. The van der Waals surface area contributed by atoms with E-state index in [1.54, 1.807) is 6.92 Å². The highest BCUT2D eigenvalue weighted by atomic mass is 19.2. The van der Waals surface area contributed by atoms with Crippen molar-refractivity contribution in [2.75, 3.05) is 7.11 Å². The molecule has 3 nitrogen and oxygen atoms in total. The Morgan fingerprint density at radius 3 is 1.80 bits per heavy atom. The van der Waals surface area contributed by atoms with E-state index in [2.05, 4.69) is 9.47 Å². The van der Waals surface area contributed by atoms with E-state index < -0.39 is 53.6 Å². The normalized spacial score (nSPS) is 10.7. The number of rotatable bonds is 6. The molecule has 1 aromatic carbocycles. The smallest absolute Gasteiger partial charge is 0.306 e. The fourth-order valence-corrected chi connectivity index (χ4v) is 1.55. The summed E-state index contributed by atoms with van der Waals surface area (Å²) in [4.78, 5) is 11.1. The Morgan fingerprint density at radius 1 is 0.950 bits per heavy atom. The summed E-state index contributed by atoms with van der Waals surface area (Å²) in [5.41, 5.74) is -1.80. The molecular weight excluding hydrogens is 280 g/mol. The summed E-state index contributed by atoms with van der Waals surface area (Å²) in [7, 11) is 1.13. The van der Waals surface area contributed by atoms with Gasteiger partial charge in [-0.15, -0.1) is 0 Å². The van der Waals surface area contributed by atoms with Gasteiger partial charge in [0.25, 0.3) is 0 Å². The highest BCUT2D eigenvalue weighted by Gasteiger charge is 2.25. The third kappa shape index (κ3) is 3.47. The molecule has 0 amide bonds. The Hall–Kier alpha value is -1.63. The van der Waals surface area contributed by atoms with E-state index >= 15 is 0 Å². The van der Waals surface area contributed by atoms with Crippen LogP contribution in [-0.4, -0.2) is 13.1 Å². The molecule has 0 unspecified atom stereocenters. The minimum Gasteiger partial charge on any atom is -0.461 e. The lowest BCUT2D eigenvalue weighted by Crippen LogP contribution is -2.12. The number of methoxy groups -OCH3 is 1. The van der Waals surface area contributed by atoms with Gasteiger partial charge in [-0.1, -0.05) is 6.92 Å². The van der Waals surface area contributed by atoms with Crippen molar-refractivity contribution in [1.29, 1.82) is 0 Å². The maximum atomic E-state index is 13.6. The first-order valence-electron chi connectivity index (χ1n) is 5.92. The summed E-state index contributed by atoms with van der Waals surface area (Å²) in [5, 5.41) is 0. The van der Waals surface area contributed by atoms with Crippen molar-refractivity contribution in [3.8, 4) is 0 Å². The van der Waals surface area contributed by atoms with Crippen molar-refractivity contribution in [1.82, 2.24) is 0 Å². The van der Waals surface area contributed by atoms with Crippen molar-refractivity contribution in [3.63, 3.8) is 0 Å². The zero-order valence-electron chi connectivity index (χ0n) is 11.1. The Labute approximate surface area is 113 Å². The molecule has 0 bridgehead atoms. The lowest BCUT2D eigenvalue weighted by molar-refractivity contribution is -0.145. The van der Waals surface area contributed by atoms with Gasteiger partial charge in [-0.25, -0.2) is 17.6 Å². The summed E-state index contributed by atoms with van der Waals surface area (Å²) in [6.07, 6.45) is 0.537. The molecule has 0 spiro atoms. The number of hydrogen-bond donors (Lipinski definition) is 0. The van der Waals surface area contributed by atoms with Crippen LogP contribution in [0.25, 0.3) is 0 Å². The number of ether oxygens (including phenoxy) is 2. The third-order valence-corrected chi connectivity index (χ3v) is 2.57. The van der Waals surface area contributed by atoms with Crippen LogP contribution in [0.2, 0.25) is 0 Å². The summed E-state index contributed by atoms with van der Waals surface area (Å²) < 4.78 is 63.4. The molecule has 0 atom stereocenters. The predicted molar refractivity (Wildman–Crippen MR) is 61.7 cm³/mol. The predicted octanol–water partition coefficient (Wildman–Crippen LogP) is 3.23. The largest absolute Gasteiger partial charge is 0.461 e. The number of hydrogen-bond acceptors (Lipinski definition) is 3. The Balaban J connectivity index is 3.06. The summed E-state index contributed by atoms with van der Waals surface area (Å²) in [6.45, 7) is 0.236. The van der Waals surface area contributed by atoms with Crippen molar-refractivity contribution >= 4 is 5.97 Å². The second-order valence-electron chi connectivity index (χ2n) is 4.06. The van der Waals surface area contributed by atoms with Crippen LogP contribution < -0.4 is 0 Å². The minimum atomic E-state index is -1.58. The first-order chi connectivity index (χ1) is 9.43. The molecule has 0 N–H and O–H groups in total. The number of carbonyl (C=O) groups excluding carboxylic acids is 1. The minimum absolute atomic E-state index is 0.0515. The second-order valence-corrected chi connectivity index (χ2v) is 4.06. The van der Waals surface area contributed by atoms with Crippen LogP contribution in [0.4, 0.5) is 17.6 Å². The number of carbonyl (C=O) groups is 1. The standard InChI is InChI=1S/C13H14F4O3/c1-3-4-9(18)20-6-8-12(16)10(14)7(5-19-2)11(15)13(8)17/h3-6H2,1-2H3. The van der Waals surface area contributed by atoms with E-state index in [1.165, 1.54) is 0 Å². The highest BCUT2D eigenvalue weighted by molar-refractivity contribution is 5.69. The van der Waals surface area contributed by atoms with Gasteiger partial charge >= 0.3 is 5.97 Å². The van der Waals surface area contributed by atoms with Gasteiger partial charge in [0.05, 0.1) is 17.7 Å². The maximum Gasteiger partial charge on any atom is 0.306 e. The van der Waals surface area contributed by atoms with Crippen LogP contribution in [-0.2, 0) is 27.5 Å². The molecule has 112 valence electrons. The Kier molecular flexibility index (Phi) is 5.94. The van der Waals surface area contributed by atoms with E-state index in [9.17, 15) is 22.4 Å². The number of halogens is 4. The van der Waals surface area contributed by atoms with Gasteiger partial charge in [-0.05, 0) is 6.42 Å². The van der Waals surface area contributed by atoms with Gasteiger partial charge in [0.1, 0.15) is 6.61 Å². The fourth-order valence-electron chi connectivity index (χ4n) is 1.55. The molecule has 0 saturated carbocycles. The number of benzene rings is 1. The van der Waals surface area contributed by atoms with Gasteiger partial charge in [-0.3, -0.25) is 4.79 Å². The molecule has 0 fully saturated rings. The monoisotopic (exact) mass is 294 g/mol. The molecule has 7 heteroatoms. The first-order valence-corrected chi connectivity index (χ1v) is 5.92. The topological polar surface area (TPSA) is 35.5 Å². The Morgan fingerprint density at radius 2 is 1.40 bits per heavy atom. The lowest BCUT2D eigenvalue weighted by Gasteiger charge is -2.11. The molecule has 20 heavy (non-hydrogen) atoms. The summed E-state index contributed by atoms with van der Waals surface area (Å²) >= 11 is 0. The van der Waals surface area contributed by atoms with Crippen LogP contribution in [0, 0.1) is 23.3 Å². The molecule has 0 saturated heterocycles. The molecule has 1 rings (SSSR count). The van der Waals surface area contributed by atoms with Crippen molar-refractivity contribution in [2.45, 2.75) is 33.0 Å². The molecule has 0 aliphatic heterocycles. The SMILES string of the molecule is CCCC(=O)OCc1c(F)c(F)c(COC)c(F)c1F. The average molecular weight is 294 g/mol. The highest BCUT2D eigenvalue weighted by Crippen LogP contribution is 2.25. The summed E-state index contributed by atoms with van der Waals surface area (Å²) in [6, 6.07) is 0. The zero-order chi connectivity index (χ0) is 15.3. The zero-order valence-corrected chi connectivity index (χ0v) is 11.1. The summed E-state index contributed by atoms with van der Waals surface area (Å²) in [5.74, 6) is -6.96. The van der Waals surface area contributed by atoms with E-state index in [1.807, 2.05) is 0 Å². The van der Waals surface area contributed by atoms with Crippen molar-refractivity contribution in [3.05, 3.63) is 34.4 Å². The third-order valence-electron chi connectivity index (χ3n) is 2.57. The molecule has 0 aromatic heterocycles. The molecule has 0 aliphatic rings. The van der Waals surface area contributed by atoms with E-state index in [0.29, 0.717) is 6.42 Å². The van der Waals surface area contributed by atoms with Gasteiger partial charge < -0.3 is 9.47 Å². The van der Waals surface area contributed by atoms with Gasteiger partial charge in [-0.2, -0.15) is 0 Å². The molecule has 0 aliphatic carbocycles. The van der Waals surface area contributed by atoms with Crippen molar-refractivity contribution in [2.24, 2.45) is 0 Å². The lowest BCUT2D eigenvalue weighted by atomic mass is 10.1. The van der Waals surface area contributed by atoms with Crippen LogP contribution >= 0.6 is 0 Å². The van der Waals surface area contributed by atoms with Gasteiger partial charge in [0.2, 0.25) is 0 Å². The first kappa shape index (κ1) is 16.4. The van der Waals surface area contributed by atoms with Crippen LogP contribution in [0.5, 0.6) is 0 Å². The van der Waals surface area contributed by atoms with Crippen LogP contribution in [0.3, 0.4) is 0 Å². The maximum absolute atomic E-state index is 13.6. The second kappa shape index (κ2) is 7.23. The van der Waals surface area contributed by atoms with Crippen LogP contribution in [0.15, 0.2) is 0 Å². The average Bonchev–Trinajstić information content (AvgIpc) is 2.42. The van der Waals surface area contributed by atoms with E-state index in [0.717, 1.165) is 7.11 Å². The molecular formula is C13H14F4O3. The Bertz CT molecular complexity index is 474. The number of esters is 1. The molecule has 0 heterocycles. The molecule has 0 radical (unpaired) electrons. The fraction of sp³-hybridized carbons (Fsp3) is 0.462. The van der Waals surface area contributed by atoms with Gasteiger partial charge in [0, 0.05) is 13.5 Å². The van der Waals surface area contributed by atoms with Crippen molar-refractivity contribution < 1.29 is 31.8 Å². The van der Waals surface area contributed by atoms with Crippen LogP contribution in [0.1, 0.15) is 30.9 Å².